The highest BCUT2D eigenvalue weighted by Gasteiger charge is 2.26. The molecule has 0 amide bonds. The van der Waals surface area contributed by atoms with E-state index in [9.17, 15) is 4.79 Å². The van der Waals surface area contributed by atoms with Gasteiger partial charge in [0.1, 0.15) is 17.2 Å². The van der Waals surface area contributed by atoms with Crippen LogP contribution in [0.4, 0.5) is 0 Å². The molecule has 0 aromatic heterocycles. The summed E-state index contributed by atoms with van der Waals surface area (Å²) in [6.07, 6.45) is 0.975. The van der Waals surface area contributed by atoms with Crippen LogP contribution in [0.3, 0.4) is 0 Å². The van der Waals surface area contributed by atoms with E-state index in [1.54, 1.807) is 0 Å². The third-order valence-corrected chi connectivity index (χ3v) is 6.61. The van der Waals surface area contributed by atoms with Crippen LogP contribution in [0.25, 0.3) is 0 Å². The number of carbonyl (C=O) groups excluding carboxylic acids is 1. The van der Waals surface area contributed by atoms with Crippen LogP contribution in [-0.4, -0.2) is 30.7 Å². The Hall–Kier alpha value is -1.84. The highest BCUT2D eigenvalue weighted by Crippen LogP contribution is 2.38. The van der Waals surface area contributed by atoms with Gasteiger partial charge in [-0.2, -0.15) is 0 Å². The number of benzene rings is 2. The Kier molecular flexibility index (Phi) is 8.00. The Bertz CT molecular complexity index is 855. The van der Waals surface area contributed by atoms with E-state index in [0.29, 0.717) is 12.8 Å². The molecule has 31 heavy (non-hydrogen) atoms. The fourth-order valence-electron chi connectivity index (χ4n) is 3.10. The molecule has 2 aromatic carbocycles. The summed E-state index contributed by atoms with van der Waals surface area (Å²) in [6, 6.07) is 13.4. The summed E-state index contributed by atoms with van der Waals surface area (Å²) in [5.74, 6) is 2.51. The lowest BCUT2D eigenvalue weighted by Gasteiger charge is -2.28. The van der Waals surface area contributed by atoms with E-state index >= 15 is 0 Å². The van der Waals surface area contributed by atoms with Crippen LogP contribution in [0.5, 0.6) is 17.2 Å². The zero-order valence-corrected chi connectivity index (χ0v) is 23.6. The van der Waals surface area contributed by atoms with Crippen LogP contribution >= 0.6 is 0 Å². The molecule has 0 radical (unpaired) electrons. The first kappa shape index (κ1) is 25.4. The largest absolute Gasteiger partial charge is 0.544 e. The molecule has 0 heterocycles. The lowest BCUT2D eigenvalue weighted by Crippen LogP contribution is -2.32. The minimum Gasteiger partial charge on any atom is -0.544 e. The number of carbonyl (C=O) groups is 1. The van der Waals surface area contributed by atoms with Crippen LogP contribution in [-0.2, 0) is 6.42 Å². The molecule has 0 aliphatic heterocycles. The molecule has 2 aromatic rings. The summed E-state index contributed by atoms with van der Waals surface area (Å²) in [4.78, 5) is 12.8. The van der Waals surface area contributed by atoms with Crippen molar-refractivity contribution in [3.63, 3.8) is 0 Å². The molecule has 7 heteroatoms. The van der Waals surface area contributed by atoms with Crippen molar-refractivity contribution in [2.75, 3.05) is 0 Å². The Morgan fingerprint density at radius 2 is 1.16 bits per heavy atom. The van der Waals surface area contributed by atoms with Crippen molar-refractivity contribution in [3.8, 4) is 17.2 Å². The van der Waals surface area contributed by atoms with Gasteiger partial charge in [-0.3, -0.25) is 4.79 Å². The van der Waals surface area contributed by atoms with Gasteiger partial charge in [-0.05, 0) is 65.3 Å². The zero-order valence-electron chi connectivity index (χ0n) is 20.6. The minimum atomic E-state index is -1.89. The van der Waals surface area contributed by atoms with Crippen molar-refractivity contribution in [3.05, 3.63) is 53.6 Å². The third kappa shape index (κ3) is 9.04. The normalized spacial score (nSPS) is 12.4. The maximum Gasteiger partial charge on any atom is 0.242 e. The van der Waals surface area contributed by atoms with Crippen LogP contribution < -0.4 is 13.3 Å². The number of Topliss-reactive ketones (excluding diaryl/α,β-unsaturated/α-hetero) is 1. The monoisotopic (exact) mass is 474 g/mol. The van der Waals surface area contributed by atoms with Gasteiger partial charge in [0.15, 0.2) is 5.78 Å². The molecule has 0 fully saturated rings. The van der Waals surface area contributed by atoms with Crippen molar-refractivity contribution in [2.45, 2.75) is 71.8 Å². The minimum absolute atomic E-state index is 0.126. The first-order valence-electron chi connectivity index (χ1n) is 11.0. The summed E-state index contributed by atoms with van der Waals surface area (Å²) >= 11 is 0. The fourth-order valence-corrected chi connectivity index (χ4v) is 5.61. The predicted molar refractivity (Wildman–Crippen MR) is 137 cm³/mol. The second-order valence-corrected chi connectivity index (χ2v) is 24.1. The van der Waals surface area contributed by atoms with E-state index in [-0.39, 0.29) is 5.78 Å². The van der Waals surface area contributed by atoms with Gasteiger partial charge in [-0.25, -0.2) is 0 Å². The van der Waals surface area contributed by atoms with Gasteiger partial charge in [0.2, 0.25) is 25.0 Å². The van der Waals surface area contributed by atoms with Gasteiger partial charge in [-0.15, -0.1) is 0 Å². The molecule has 0 aliphatic carbocycles. The molecule has 0 saturated carbocycles. The Balaban J connectivity index is 2.48. The lowest BCUT2D eigenvalue weighted by atomic mass is 10.0. The van der Waals surface area contributed by atoms with Crippen LogP contribution in [0.1, 0.15) is 22.3 Å². The van der Waals surface area contributed by atoms with E-state index in [2.05, 4.69) is 58.9 Å². The molecule has 0 saturated heterocycles. The molecule has 2 rings (SSSR count). The van der Waals surface area contributed by atoms with Gasteiger partial charge in [0.05, 0.1) is 0 Å². The smallest absolute Gasteiger partial charge is 0.242 e. The summed E-state index contributed by atoms with van der Waals surface area (Å²) in [5, 5.41) is 0. The van der Waals surface area contributed by atoms with Crippen LogP contribution in [0, 0.1) is 0 Å². The van der Waals surface area contributed by atoms with Crippen molar-refractivity contribution in [1.82, 2.24) is 0 Å². The Labute approximate surface area is 191 Å². The van der Waals surface area contributed by atoms with Crippen LogP contribution in [0.2, 0.25) is 58.9 Å². The van der Waals surface area contributed by atoms with Crippen molar-refractivity contribution in [1.29, 1.82) is 0 Å². The first-order valence-corrected chi connectivity index (χ1v) is 21.2. The highest BCUT2D eigenvalue weighted by molar-refractivity contribution is 6.71. The van der Waals surface area contributed by atoms with E-state index in [1.165, 1.54) is 0 Å². The highest BCUT2D eigenvalue weighted by atomic mass is 28.4. The fraction of sp³-hybridized carbons (Fsp3) is 0.458. The van der Waals surface area contributed by atoms with E-state index < -0.39 is 25.0 Å². The van der Waals surface area contributed by atoms with Gasteiger partial charge in [0.25, 0.3) is 0 Å². The molecule has 4 nitrogen and oxygen atoms in total. The summed E-state index contributed by atoms with van der Waals surface area (Å²) in [6.45, 7) is 19.5. The van der Waals surface area contributed by atoms with Crippen molar-refractivity contribution in [2.24, 2.45) is 0 Å². The molecule has 0 unspecified atom stereocenters. The number of ketones is 1. The topological polar surface area (TPSA) is 44.8 Å². The number of rotatable bonds is 10. The predicted octanol–water partition coefficient (Wildman–Crippen LogP) is 7.14. The van der Waals surface area contributed by atoms with Gasteiger partial charge in [0, 0.05) is 29.7 Å². The molecule has 170 valence electrons. The molecular formula is C24H38O4Si3. The van der Waals surface area contributed by atoms with E-state index in [0.717, 1.165) is 28.4 Å². The Morgan fingerprint density at radius 3 is 1.58 bits per heavy atom. The average Bonchev–Trinajstić information content (AvgIpc) is 2.57. The van der Waals surface area contributed by atoms with Crippen molar-refractivity contribution >= 4 is 30.7 Å². The second kappa shape index (κ2) is 9.75. The second-order valence-electron chi connectivity index (χ2n) is 10.8. The zero-order chi connectivity index (χ0) is 23.4. The first-order chi connectivity index (χ1) is 14.1. The molecule has 0 spiro atoms. The summed E-state index contributed by atoms with van der Waals surface area (Å²) in [5.41, 5.74) is 1.71. The third-order valence-electron chi connectivity index (χ3n) is 4.10. The standard InChI is InChI=1S/C24H38O4Si3/c1-29(2,3)26-20-17-23(27-30(4,5)6)21(24(18-20)28-31(7,8)9)15-16-22(25)19-13-11-10-12-14-19/h10-14,17-18H,15-16H2,1-9H3. The molecular weight excluding hydrogens is 437 g/mol. The van der Waals surface area contributed by atoms with E-state index in [1.807, 2.05) is 42.5 Å². The maximum absolute atomic E-state index is 12.8. The average molecular weight is 475 g/mol. The molecule has 0 N–H and O–H groups in total. The van der Waals surface area contributed by atoms with Gasteiger partial charge in [-0.1, -0.05) is 30.3 Å². The molecule has 0 aliphatic rings. The molecule has 0 bridgehead atoms. The van der Waals surface area contributed by atoms with E-state index in [4.69, 9.17) is 13.3 Å². The quantitative estimate of drug-likeness (QED) is 0.271. The lowest BCUT2D eigenvalue weighted by molar-refractivity contribution is 0.0982. The number of hydrogen-bond donors (Lipinski definition) is 0. The SMILES string of the molecule is C[Si](C)(C)Oc1cc(O[Si](C)(C)C)c(CCC(=O)c2ccccc2)c(O[Si](C)(C)C)c1. The van der Waals surface area contributed by atoms with Gasteiger partial charge < -0.3 is 13.3 Å². The maximum atomic E-state index is 12.8. The number of hydrogen-bond acceptors (Lipinski definition) is 4. The van der Waals surface area contributed by atoms with Crippen molar-refractivity contribution < 1.29 is 18.1 Å². The summed E-state index contributed by atoms with van der Waals surface area (Å²) < 4.78 is 19.3. The Morgan fingerprint density at radius 1 is 0.710 bits per heavy atom. The summed E-state index contributed by atoms with van der Waals surface area (Å²) in [7, 11) is -5.57. The van der Waals surface area contributed by atoms with Gasteiger partial charge >= 0.3 is 0 Å². The van der Waals surface area contributed by atoms with Crippen LogP contribution in [0.15, 0.2) is 42.5 Å². The molecule has 0 atom stereocenters.